The fraction of sp³-hybridized carbons (Fsp3) is 0.185. The summed E-state index contributed by atoms with van der Waals surface area (Å²) < 4.78 is 5.93. The smallest absolute Gasteiger partial charge is 0.321 e. The Morgan fingerprint density at radius 1 is 1.03 bits per heavy atom. The number of H-pyrrole nitrogens is 2. The van der Waals surface area contributed by atoms with Crippen LogP contribution in [0, 0.1) is 0 Å². The Bertz CT molecular complexity index is 1620. The van der Waals surface area contributed by atoms with Crippen molar-refractivity contribution in [2.24, 2.45) is 0 Å². The van der Waals surface area contributed by atoms with Crippen LogP contribution in [0.15, 0.2) is 65.5 Å². The van der Waals surface area contributed by atoms with Gasteiger partial charge in [0.15, 0.2) is 0 Å². The van der Waals surface area contributed by atoms with Crippen LogP contribution in [0.3, 0.4) is 0 Å². The predicted molar refractivity (Wildman–Crippen MR) is 141 cm³/mol. The SMILES string of the molecule is CCNC(=O)Nc1nc2ccc(-c3cc(Cc4n[nH]c(=O)c5ccccc45)ccc3OCC)cc2[nH]1. The van der Waals surface area contributed by atoms with Crippen LogP contribution in [-0.4, -0.2) is 39.3 Å². The van der Waals surface area contributed by atoms with Crippen LogP contribution >= 0.6 is 0 Å². The summed E-state index contributed by atoms with van der Waals surface area (Å²) in [6.45, 7) is 4.86. The highest BCUT2D eigenvalue weighted by molar-refractivity contribution is 5.91. The number of hydrogen-bond acceptors (Lipinski definition) is 5. The van der Waals surface area contributed by atoms with E-state index in [4.69, 9.17) is 4.74 Å². The largest absolute Gasteiger partial charge is 0.493 e. The van der Waals surface area contributed by atoms with Gasteiger partial charge in [0.05, 0.1) is 28.7 Å². The van der Waals surface area contributed by atoms with Crippen molar-refractivity contribution in [3.05, 3.63) is 82.3 Å². The summed E-state index contributed by atoms with van der Waals surface area (Å²) in [5.74, 6) is 1.14. The predicted octanol–water partition coefficient (Wildman–Crippen LogP) is 4.60. The molecule has 2 heterocycles. The molecule has 0 atom stereocenters. The van der Waals surface area contributed by atoms with E-state index >= 15 is 0 Å². The molecule has 182 valence electrons. The van der Waals surface area contributed by atoms with Crippen LogP contribution < -0.4 is 20.9 Å². The van der Waals surface area contributed by atoms with Gasteiger partial charge in [0.25, 0.3) is 5.56 Å². The fourth-order valence-corrected chi connectivity index (χ4v) is 4.24. The molecule has 0 bridgehead atoms. The van der Waals surface area contributed by atoms with E-state index < -0.39 is 0 Å². The van der Waals surface area contributed by atoms with E-state index in [1.54, 1.807) is 6.07 Å². The van der Waals surface area contributed by atoms with Crippen molar-refractivity contribution in [2.75, 3.05) is 18.5 Å². The highest BCUT2D eigenvalue weighted by Gasteiger charge is 2.13. The Hall–Kier alpha value is -4.66. The van der Waals surface area contributed by atoms with Gasteiger partial charge in [-0.1, -0.05) is 30.3 Å². The molecule has 9 heteroatoms. The van der Waals surface area contributed by atoms with Crippen LogP contribution in [0.5, 0.6) is 5.75 Å². The maximum atomic E-state index is 12.2. The van der Waals surface area contributed by atoms with Crippen LogP contribution in [0.2, 0.25) is 0 Å². The van der Waals surface area contributed by atoms with Gasteiger partial charge in [-0.2, -0.15) is 5.10 Å². The Morgan fingerprint density at radius 2 is 1.86 bits per heavy atom. The molecule has 2 amide bonds. The molecule has 0 saturated carbocycles. The third kappa shape index (κ3) is 4.63. The number of ether oxygens (including phenoxy) is 1. The first-order chi connectivity index (χ1) is 17.6. The van der Waals surface area contributed by atoms with E-state index in [0.29, 0.717) is 30.9 Å². The number of imidazole rings is 1. The monoisotopic (exact) mass is 482 g/mol. The molecular weight excluding hydrogens is 456 g/mol. The number of urea groups is 1. The summed E-state index contributed by atoms with van der Waals surface area (Å²) in [6.07, 6.45) is 0.545. The van der Waals surface area contributed by atoms with Crippen molar-refractivity contribution < 1.29 is 9.53 Å². The van der Waals surface area contributed by atoms with Gasteiger partial charge < -0.3 is 15.0 Å². The zero-order chi connectivity index (χ0) is 25.1. The summed E-state index contributed by atoms with van der Waals surface area (Å²) in [7, 11) is 0. The Labute approximate surface area is 206 Å². The topological polar surface area (TPSA) is 125 Å². The zero-order valence-corrected chi connectivity index (χ0v) is 20.0. The number of nitrogens with zero attached hydrogens (tertiary/aromatic N) is 2. The molecule has 4 N–H and O–H groups in total. The third-order valence-corrected chi connectivity index (χ3v) is 5.85. The molecular formula is C27H26N6O3. The summed E-state index contributed by atoms with van der Waals surface area (Å²) >= 11 is 0. The first-order valence-corrected chi connectivity index (χ1v) is 11.8. The van der Waals surface area contributed by atoms with Crippen molar-refractivity contribution >= 4 is 33.8 Å². The maximum absolute atomic E-state index is 12.2. The van der Waals surface area contributed by atoms with E-state index in [9.17, 15) is 9.59 Å². The van der Waals surface area contributed by atoms with Crippen molar-refractivity contribution in [1.29, 1.82) is 0 Å². The quantitative estimate of drug-likeness (QED) is 0.270. The molecule has 5 rings (SSSR count). The average Bonchev–Trinajstić information content (AvgIpc) is 3.28. The number of carbonyl (C=O) groups is 1. The number of fused-ring (bicyclic) bond motifs is 2. The number of anilines is 1. The van der Waals surface area contributed by atoms with Crippen LogP contribution in [-0.2, 0) is 6.42 Å². The lowest BCUT2D eigenvalue weighted by Gasteiger charge is -2.13. The Balaban J connectivity index is 1.51. The number of carbonyl (C=O) groups excluding carboxylic acids is 1. The highest BCUT2D eigenvalue weighted by atomic mass is 16.5. The number of benzene rings is 3. The normalized spacial score (nSPS) is 11.1. The third-order valence-electron chi connectivity index (χ3n) is 5.85. The molecule has 9 nitrogen and oxygen atoms in total. The lowest BCUT2D eigenvalue weighted by atomic mass is 9.98. The van der Waals surface area contributed by atoms with Gasteiger partial charge in [-0.15, -0.1) is 0 Å². The summed E-state index contributed by atoms with van der Waals surface area (Å²) in [5, 5.41) is 13.8. The van der Waals surface area contributed by atoms with E-state index in [2.05, 4.69) is 36.9 Å². The molecule has 0 aliphatic rings. The molecule has 3 aromatic carbocycles. The van der Waals surface area contributed by atoms with Crippen molar-refractivity contribution in [3.8, 4) is 16.9 Å². The summed E-state index contributed by atoms with van der Waals surface area (Å²) in [4.78, 5) is 31.6. The molecule has 0 unspecified atom stereocenters. The molecule has 2 aromatic heterocycles. The van der Waals surface area contributed by atoms with Gasteiger partial charge in [0, 0.05) is 23.9 Å². The van der Waals surface area contributed by atoms with E-state index in [1.807, 2.05) is 62.4 Å². The van der Waals surface area contributed by atoms with Gasteiger partial charge in [-0.25, -0.2) is 14.9 Å². The minimum atomic E-state index is -0.313. The van der Waals surface area contributed by atoms with Crippen LogP contribution in [0.4, 0.5) is 10.7 Å². The fourth-order valence-electron chi connectivity index (χ4n) is 4.24. The average molecular weight is 483 g/mol. The summed E-state index contributed by atoms with van der Waals surface area (Å²) in [5.41, 5.74) is 5.03. The number of hydrogen-bond donors (Lipinski definition) is 4. The van der Waals surface area contributed by atoms with E-state index in [-0.39, 0.29) is 11.6 Å². The second kappa shape index (κ2) is 9.91. The van der Waals surface area contributed by atoms with Gasteiger partial charge in [-0.05, 0) is 55.3 Å². The number of aromatic amines is 2. The minimum absolute atomic E-state index is 0.198. The number of rotatable bonds is 7. The first-order valence-electron chi connectivity index (χ1n) is 11.8. The zero-order valence-electron chi connectivity index (χ0n) is 20.0. The maximum Gasteiger partial charge on any atom is 0.321 e. The standard InChI is InChI=1S/C27H26N6O3/c1-3-28-27(35)31-26-29-21-11-10-17(15-23(21)30-26)20-13-16(9-12-24(20)36-4-2)14-22-18-7-5-6-8-19(18)25(34)33-32-22/h5-13,15H,3-4,14H2,1-2H3,(H,33,34)(H3,28,29,30,31,35). The second-order valence-electron chi connectivity index (χ2n) is 8.29. The lowest BCUT2D eigenvalue weighted by molar-refractivity contribution is 0.252. The number of amides is 2. The highest BCUT2D eigenvalue weighted by Crippen LogP contribution is 2.34. The minimum Gasteiger partial charge on any atom is -0.493 e. The van der Waals surface area contributed by atoms with Gasteiger partial charge in [-0.3, -0.25) is 10.1 Å². The van der Waals surface area contributed by atoms with Gasteiger partial charge in [0.2, 0.25) is 5.95 Å². The molecule has 0 aliphatic carbocycles. The number of aromatic nitrogens is 4. The number of nitrogens with one attached hydrogen (secondary N) is 4. The second-order valence-corrected chi connectivity index (χ2v) is 8.29. The molecule has 5 aromatic rings. The van der Waals surface area contributed by atoms with Gasteiger partial charge in [0.1, 0.15) is 5.75 Å². The lowest BCUT2D eigenvalue weighted by Crippen LogP contribution is -2.28. The van der Waals surface area contributed by atoms with Crippen molar-refractivity contribution in [2.45, 2.75) is 20.3 Å². The van der Waals surface area contributed by atoms with Crippen molar-refractivity contribution in [1.82, 2.24) is 25.5 Å². The van der Waals surface area contributed by atoms with Crippen LogP contribution in [0.1, 0.15) is 25.1 Å². The first kappa shape index (κ1) is 23.1. The molecule has 0 spiro atoms. The molecule has 0 radical (unpaired) electrons. The Kier molecular flexibility index (Phi) is 6.36. The van der Waals surface area contributed by atoms with E-state index in [1.165, 1.54) is 0 Å². The molecule has 36 heavy (non-hydrogen) atoms. The molecule has 0 aliphatic heterocycles. The van der Waals surface area contributed by atoms with Gasteiger partial charge >= 0.3 is 6.03 Å². The van der Waals surface area contributed by atoms with Crippen molar-refractivity contribution in [3.63, 3.8) is 0 Å². The van der Waals surface area contributed by atoms with E-state index in [0.717, 1.165) is 44.6 Å². The van der Waals surface area contributed by atoms with Crippen LogP contribution in [0.25, 0.3) is 32.9 Å². The Morgan fingerprint density at radius 3 is 2.67 bits per heavy atom. The molecule has 0 fully saturated rings. The summed E-state index contributed by atoms with van der Waals surface area (Å²) in [6, 6.07) is 19.1. The molecule has 0 saturated heterocycles.